The number of nitrogens with one attached hydrogen (secondary N) is 9. The molecule has 51 heteroatoms. The van der Waals surface area contributed by atoms with Crippen LogP contribution in [0.15, 0.2) is 0 Å². The molecule has 750 valence electrons. The van der Waals surface area contributed by atoms with Crippen molar-refractivity contribution >= 4 is 124 Å². The van der Waals surface area contributed by atoms with Gasteiger partial charge in [0.05, 0.1) is 88.0 Å². The van der Waals surface area contributed by atoms with E-state index in [1.54, 1.807) is 0 Å². The van der Waals surface area contributed by atoms with E-state index in [0.29, 0.717) is 57.9 Å². The van der Waals surface area contributed by atoms with Gasteiger partial charge in [0.2, 0.25) is 118 Å². The number of β-amino-alcohol motifs (C(OH)–C–C–N with tert-alkyl or cyclic N) is 7. The maximum absolute atomic E-state index is 14.5. The molecule has 20 amide bonds. The molecule has 13 fully saturated rings. The number of hydrogen-bond donors (Lipinski definition) is 18. The molecule has 13 saturated heterocycles. The lowest BCUT2D eigenvalue weighted by Crippen LogP contribution is -2.57. The van der Waals surface area contributed by atoms with Gasteiger partial charge in [-0.1, -0.05) is 0 Å². The molecule has 13 aliphatic rings. The molecular formula is C85H126N22O29. The van der Waals surface area contributed by atoms with E-state index in [-0.39, 0.29) is 181 Å². The maximum Gasteiger partial charge on any atom is 0.322 e. The van der Waals surface area contributed by atoms with E-state index in [2.05, 4.69) is 47.9 Å². The number of carboxylic acid groups (broad SMARTS) is 1. The van der Waals surface area contributed by atoms with E-state index in [1.165, 1.54) is 29.4 Å². The van der Waals surface area contributed by atoms with Gasteiger partial charge in [0.1, 0.15) is 85.1 Å². The molecule has 0 aromatic carbocycles. The largest absolute Gasteiger partial charge is 0.480 e. The minimum absolute atomic E-state index is 0.00924. The lowest BCUT2D eigenvalue weighted by Gasteiger charge is -2.32. The van der Waals surface area contributed by atoms with Crippen molar-refractivity contribution < 1.29 is 142 Å². The van der Waals surface area contributed by atoms with Crippen molar-refractivity contribution in [2.75, 3.05) is 137 Å². The summed E-state index contributed by atoms with van der Waals surface area (Å²) >= 11 is 0. The molecule has 0 radical (unpaired) electrons. The van der Waals surface area contributed by atoms with Gasteiger partial charge >= 0.3 is 5.97 Å². The molecule has 21 atom stereocenters. The topological polar surface area (TPSA) is 693 Å². The quantitative estimate of drug-likeness (QED) is 0.0271. The van der Waals surface area contributed by atoms with E-state index in [1.807, 2.05) is 0 Å². The number of carbonyl (C=O) groups is 21. The van der Waals surface area contributed by atoms with Crippen LogP contribution < -0.4 is 53.6 Å². The zero-order chi connectivity index (χ0) is 97.9. The number of nitrogens with zero attached hydrogens (tertiary/aromatic N) is 12. The Labute approximate surface area is 780 Å². The summed E-state index contributed by atoms with van der Waals surface area (Å²) in [5.41, 5.74) is 5.79. The summed E-state index contributed by atoms with van der Waals surface area (Å²) in [5, 5.41) is 107. The zero-order valence-corrected chi connectivity index (χ0v) is 75.6. The second-order valence-corrected chi connectivity index (χ2v) is 37.5. The van der Waals surface area contributed by atoms with Crippen molar-refractivity contribution in [1.29, 1.82) is 0 Å². The van der Waals surface area contributed by atoms with Gasteiger partial charge in [-0.3, -0.25) is 101 Å². The molecule has 13 rings (SSSR count). The number of carbonyl (C=O) groups excluding carboxylic acids is 20. The van der Waals surface area contributed by atoms with Crippen LogP contribution in [0.1, 0.15) is 141 Å². The fourth-order valence-electron chi connectivity index (χ4n) is 21.4. The van der Waals surface area contributed by atoms with E-state index in [9.17, 15) is 136 Å². The summed E-state index contributed by atoms with van der Waals surface area (Å²) in [6, 6.07) is -16.4. The van der Waals surface area contributed by atoms with Crippen LogP contribution >= 0.6 is 0 Å². The molecule has 0 saturated carbocycles. The van der Waals surface area contributed by atoms with Crippen LogP contribution in [0.3, 0.4) is 0 Å². The molecule has 19 N–H and O–H groups in total. The van der Waals surface area contributed by atoms with E-state index < -0.39 is 291 Å². The fraction of sp³-hybridized carbons (Fsp3) is 0.753. The molecule has 51 nitrogen and oxygen atoms in total. The predicted molar refractivity (Wildman–Crippen MR) is 461 cm³/mol. The summed E-state index contributed by atoms with van der Waals surface area (Å²) < 4.78 is 0. The first-order valence-electron chi connectivity index (χ1n) is 47.2. The number of aliphatic hydroxyl groups is 7. The van der Waals surface area contributed by atoms with Gasteiger partial charge in [0.25, 0.3) is 0 Å². The predicted octanol–water partition coefficient (Wildman–Crippen LogP) is -14.1. The third kappa shape index (κ3) is 23.5. The van der Waals surface area contributed by atoms with Gasteiger partial charge in [-0.25, -0.2) is 0 Å². The monoisotopic (exact) mass is 1920 g/mol. The summed E-state index contributed by atoms with van der Waals surface area (Å²) in [7, 11) is 0. The number of rotatable bonds is 33. The number of aliphatic hydroxyl groups excluding tert-OH is 7. The van der Waals surface area contributed by atoms with Gasteiger partial charge in [0.15, 0.2) is 0 Å². The Morgan fingerprint density at radius 3 is 0.772 bits per heavy atom. The van der Waals surface area contributed by atoms with Gasteiger partial charge < -0.3 is 153 Å². The minimum Gasteiger partial charge on any atom is -0.480 e. The zero-order valence-electron chi connectivity index (χ0n) is 75.6. The van der Waals surface area contributed by atoms with Gasteiger partial charge in [-0.05, 0) is 109 Å². The van der Waals surface area contributed by atoms with Crippen LogP contribution in [0.4, 0.5) is 0 Å². The Balaban J connectivity index is 0.543. The Hall–Kier alpha value is -11.5. The Kier molecular flexibility index (Phi) is 33.9. The Morgan fingerprint density at radius 2 is 0.522 bits per heavy atom. The molecule has 0 bridgehead atoms. The fourth-order valence-corrected chi connectivity index (χ4v) is 21.4. The van der Waals surface area contributed by atoms with Crippen LogP contribution in [0, 0.1) is 0 Å². The maximum atomic E-state index is 14.5. The number of nitrogens with two attached hydrogens (primary N) is 1. The molecular weight excluding hydrogens is 1790 g/mol. The number of likely N-dealkylation sites (tertiary alicyclic amines) is 12. The highest BCUT2D eigenvalue weighted by atomic mass is 16.4. The van der Waals surface area contributed by atoms with Crippen LogP contribution in [0.5, 0.6) is 0 Å². The summed E-state index contributed by atoms with van der Waals surface area (Å²) in [6.45, 7) is -5.77. The van der Waals surface area contributed by atoms with Crippen LogP contribution in [-0.2, 0) is 101 Å². The molecule has 0 unspecified atom stereocenters. The summed E-state index contributed by atoms with van der Waals surface area (Å²) in [5.74, 6) is -16.0. The third-order valence-electron chi connectivity index (χ3n) is 28.2. The van der Waals surface area contributed by atoms with Crippen molar-refractivity contribution in [1.82, 2.24) is 107 Å². The number of unbranched alkanes of at least 4 members (excludes halogenated alkanes) is 1. The summed E-state index contributed by atoms with van der Waals surface area (Å²) in [6.07, 6.45) is -5.23. The SMILES string of the molecule is NCCCC[C@H](NC(=O)[C@@H]1C[C@@H](O)CN1C(=O)CNC(=O)[C@@H]1CCCN1C(=O)[C@@H]1C[C@@H](O)CN1C(=O)CNC(=O)[C@@H]1CCCN1C(=O)[C@@H]1C[C@@H](O)CN1C(=O)CNC(=O)[C@@H]1CCCN1C(=O)[C@@H]1C[C@@H](O)CN1)C(=O)NCC(=O)N1C[C@H](O)C[C@H]1C(=O)N1CCC[C@H]1C(=O)NCC(=O)N1C[C@H](O)C[C@H]1C(=O)N1CCC[C@H]1C(=O)NCC(=O)N1C[C@H](O)C[C@H]1C(=O)N1CCC[C@H]1C(=O)NCC(=O)O. The van der Waals surface area contributed by atoms with E-state index in [4.69, 9.17) is 10.8 Å². The third-order valence-corrected chi connectivity index (χ3v) is 28.2. The smallest absolute Gasteiger partial charge is 0.322 e. The van der Waals surface area contributed by atoms with Crippen LogP contribution in [0.2, 0.25) is 0 Å². The van der Waals surface area contributed by atoms with Gasteiger partial charge in [-0.15, -0.1) is 0 Å². The Bertz CT molecular complexity index is 4590. The second kappa shape index (κ2) is 45.2. The average Bonchev–Trinajstić information content (AvgIpc) is 1.64. The lowest BCUT2D eigenvalue weighted by molar-refractivity contribution is -0.148. The van der Waals surface area contributed by atoms with Crippen molar-refractivity contribution in [2.24, 2.45) is 5.73 Å². The minimum atomic E-state index is -1.41. The average molecular weight is 1920 g/mol. The van der Waals surface area contributed by atoms with Crippen molar-refractivity contribution in [3.05, 3.63) is 0 Å². The van der Waals surface area contributed by atoms with Crippen molar-refractivity contribution in [3.63, 3.8) is 0 Å². The first-order valence-corrected chi connectivity index (χ1v) is 47.2. The lowest BCUT2D eigenvalue weighted by atomic mass is 10.1. The van der Waals surface area contributed by atoms with Gasteiger partial charge in [-0.2, -0.15) is 0 Å². The number of carboxylic acids is 1. The molecule has 136 heavy (non-hydrogen) atoms. The first kappa shape index (κ1) is 102. The number of amides is 20. The highest BCUT2D eigenvalue weighted by molar-refractivity contribution is 6.02. The molecule has 0 spiro atoms. The van der Waals surface area contributed by atoms with Crippen LogP contribution in [0.25, 0.3) is 0 Å². The normalized spacial score (nSPS) is 30.0. The first-order chi connectivity index (χ1) is 64.9. The Morgan fingerprint density at radius 1 is 0.279 bits per heavy atom. The molecule has 13 aliphatic heterocycles. The number of aliphatic carboxylic acids is 1. The highest BCUT2D eigenvalue weighted by Crippen LogP contribution is 2.34. The summed E-state index contributed by atoms with van der Waals surface area (Å²) in [4.78, 5) is 304. The molecule has 13 heterocycles. The number of hydrogen-bond acceptors (Lipinski definition) is 30. The standard InChI is InChI=1S/C85H126N22O29/c86-16-2-1-9-51(72(123)88-31-66(116)103-39-46(110)25-60(103)81(132)98-19-5-12-55(98)75(126)91-34-69(119)106-42-49(113)28-63(106)84(135)100-21-7-14-57(100)77(128)93-36-70(120)107-43-50(114)29-64(107)85(136)101-22-8-15-58(101)78(129)94-37-71(121)122)95-79(130)59-24-45(109)38-102(59)65(115)32-89-74(125)54-11-4-18-97(54)82(133)62-27-48(112)41-105(62)68(118)35-92-76(127)56-13-6-20-99(56)83(134)61-26-47(111)40-104(61)67(117)33-90-73(124)53-10-3-17-96(53)80(131)52-23-44(108)30-87-52/h44-64,87,108-114H,1-43,86H2,(H,88,123)(H,89,125)(H,90,124)(H,91,126)(H,92,127)(H,93,128)(H,94,129)(H,95,130)(H,121,122)/t44-,45-,46-,47-,48-,49-,50-,51+,52+,53+,54+,55+,56+,57+,58+,59+,60+,61+,62+,63+,64+/m1/s1. The van der Waals surface area contributed by atoms with Crippen molar-refractivity contribution in [3.8, 4) is 0 Å². The molecule has 0 aromatic heterocycles. The van der Waals surface area contributed by atoms with Crippen LogP contribution in [-0.4, -0.2) is 489 Å². The van der Waals surface area contributed by atoms with E-state index >= 15 is 0 Å². The molecule has 0 aliphatic carbocycles. The van der Waals surface area contributed by atoms with Gasteiger partial charge in [0, 0.05) is 124 Å². The van der Waals surface area contributed by atoms with E-state index in [0.717, 1.165) is 29.4 Å². The second-order valence-electron chi connectivity index (χ2n) is 37.5. The van der Waals surface area contributed by atoms with Crippen molar-refractivity contribution in [2.45, 2.75) is 269 Å². The molecule has 0 aromatic rings. The highest BCUT2D eigenvalue weighted by Gasteiger charge is 2.54.